The van der Waals surface area contributed by atoms with Crippen LogP contribution in [0.3, 0.4) is 0 Å². The highest BCUT2D eigenvalue weighted by molar-refractivity contribution is 5.06. The maximum Gasteiger partial charge on any atom is 0.0654 e. The number of rotatable bonds is 2. The Bertz CT molecular complexity index is 217. The molecule has 1 heterocycles. The lowest BCUT2D eigenvalue weighted by Gasteiger charge is -2.58. The molecule has 2 atom stereocenters. The van der Waals surface area contributed by atoms with E-state index in [-0.39, 0.29) is 11.1 Å². The summed E-state index contributed by atoms with van der Waals surface area (Å²) in [5.41, 5.74) is -0.249. The van der Waals surface area contributed by atoms with Gasteiger partial charge in [-0.15, -0.1) is 0 Å². The second-order valence-electron chi connectivity index (χ2n) is 6.11. The number of aliphatic hydroxyl groups is 1. The molecule has 0 saturated carbocycles. The SMILES string of the molecule is CCC1(C)CC(C)(O)CC(C)(CC)N1C. The minimum absolute atomic E-state index is 0.131. The van der Waals surface area contributed by atoms with Crippen LogP contribution in [0.15, 0.2) is 0 Å². The van der Waals surface area contributed by atoms with Crippen molar-refractivity contribution in [2.75, 3.05) is 7.05 Å². The van der Waals surface area contributed by atoms with E-state index >= 15 is 0 Å². The molecular weight excluding hydrogens is 186 g/mol. The van der Waals surface area contributed by atoms with Crippen LogP contribution in [0, 0.1) is 0 Å². The van der Waals surface area contributed by atoms with Crippen molar-refractivity contribution in [3.05, 3.63) is 0 Å². The van der Waals surface area contributed by atoms with Crippen molar-refractivity contribution in [2.45, 2.75) is 77.0 Å². The Balaban J connectivity index is 3.05. The van der Waals surface area contributed by atoms with E-state index in [1.54, 1.807) is 0 Å². The lowest BCUT2D eigenvalue weighted by molar-refractivity contribution is -0.129. The molecule has 1 aliphatic rings. The van der Waals surface area contributed by atoms with Gasteiger partial charge in [0.2, 0.25) is 0 Å². The summed E-state index contributed by atoms with van der Waals surface area (Å²) in [6.45, 7) is 11.0. The van der Waals surface area contributed by atoms with Gasteiger partial charge < -0.3 is 5.11 Å². The molecule has 0 radical (unpaired) electrons. The average molecular weight is 213 g/mol. The molecule has 0 aliphatic carbocycles. The second kappa shape index (κ2) is 3.74. The predicted octanol–water partition coefficient (Wildman–Crippen LogP) is 2.80. The molecule has 1 N–H and O–H groups in total. The number of nitrogens with zero attached hydrogens (tertiary/aromatic N) is 1. The number of hydrogen-bond donors (Lipinski definition) is 1. The molecule has 0 aromatic rings. The first-order valence-electron chi connectivity index (χ1n) is 6.15. The molecule has 1 fully saturated rings. The molecule has 0 bridgehead atoms. The zero-order chi connectivity index (χ0) is 11.9. The van der Waals surface area contributed by atoms with Crippen LogP contribution in [0.1, 0.15) is 60.3 Å². The molecule has 2 unspecified atom stereocenters. The van der Waals surface area contributed by atoms with Gasteiger partial charge in [-0.3, -0.25) is 4.90 Å². The number of piperidine rings is 1. The summed E-state index contributed by atoms with van der Waals surface area (Å²) >= 11 is 0. The smallest absolute Gasteiger partial charge is 0.0654 e. The Morgan fingerprint density at radius 3 is 1.60 bits per heavy atom. The highest BCUT2D eigenvalue weighted by Crippen LogP contribution is 2.45. The van der Waals surface area contributed by atoms with E-state index < -0.39 is 5.60 Å². The van der Waals surface area contributed by atoms with Crippen LogP contribution < -0.4 is 0 Å². The van der Waals surface area contributed by atoms with E-state index in [0.29, 0.717) is 0 Å². The lowest BCUT2D eigenvalue weighted by Crippen LogP contribution is -2.65. The van der Waals surface area contributed by atoms with Crippen molar-refractivity contribution < 1.29 is 5.11 Å². The Labute approximate surface area is 94.7 Å². The summed E-state index contributed by atoms with van der Waals surface area (Å²) in [5.74, 6) is 0. The van der Waals surface area contributed by atoms with E-state index in [1.807, 2.05) is 6.92 Å². The molecule has 1 rings (SSSR count). The van der Waals surface area contributed by atoms with Crippen LogP contribution in [0.5, 0.6) is 0 Å². The van der Waals surface area contributed by atoms with E-state index in [2.05, 4.69) is 39.6 Å². The molecule has 2 heteroatoms. The molecule has 90 valence electrons. The van der Waals surface area contributed by atoms with E-state index in [9.17, 15) is 5.11 Å². The van der Waals surface area contributed by atoms with Crippen molar-refractivity contribution in [1.82, 2.24) is 4.90 Å². The van der Waals surface area contributed by atoms with Crippen LogP contribution in [-0.4, -0.2) is 33.7 Å². The topological polar surface area (TPSA) is 23.5 Å². The maximum absolute atomic E-state index is 10.4. The van der Waals surface area contributed by atoms with Crippen molar-refractivity contribution in [1.29, 1.82) is 0 Å². The molecule has 0 spiro atoms. The van der Waals surface area contributed by atoms with Crippen LogP contribution >= 0.6 is 0 Å². The third-order valence-corrected chi connectivity index (χ3v) is 4.67. The Morgan fingerprint density at radius 1 is 1.00 bits per heavy atom. The zero-order valence-corrected chi connectivity index (χ0v) is 11.2. The molecule has 1 saturated heterocycles. The largest absolute Gasteiger partial charge is 0.390 e. The second-order valence-corrected chi connectivity index (χ2v) is 6.11. The molecule has 2 nitrogen and oxygen atoms in total. The van der Waals surface area contributed by atoms with Gasteiger partial charge in [-0.2, -0.15) is 0 Å². The molecular formula is C13H27NO. The standard InChI is InChI=1S/C13H27NO/c1-7-11(3)9-13(5,15)10-12(4,8-2)14(11)6/h15H,7-10H2,1-6H3. The predicted molar refractivity (Wildman–Crippen MR) is 65.0 cm³/mol. The number of likely N-dealkylation sites (tertiary alicyclic amines) is 1. The summed E-state index contributed by atoms with van der Waals surface area (Å²) in [4.78, 5) is 2.48. The minimum Gasteiger partial charge on any atom is -0.390 e. The van der Waals surface area contributed by atoms with Crippen LogP contribution in [-0.2, 0) is 0 Å². The summed E-state index contributed by atoms with van der Waals surface area (Å²) in [6, 6.07) is 0. The molecule has 0 amide bonds. The first-order valence-corrected chi connectivity index (χ1v) is 6.15. The van der Waals surface area contributed by atoms with Crippen molar-refractivity contribution >= 4 is 0 Å². The summed E-state index contributed by atoms with van der Waals surface area (Å²) in [6.07, 6.45) is 3.94. The molecule has 1 aliphatic heterocycles. The van der Waals surface area contributed by atoms with E-state index in [4.69, 9.17) is 0 Å². The monoisotopic (exact) mass is 213 g/mol. The number of hydrogen-bond acceptors (Lipinski definition) is 2. The van der Waals surface area contributed by atoms with E-state index in [0.717, 1.165) is 25.7 Å². The van der Waals surface area contributed by atoms with E-state index in [1.165, 1.54) is 0 Å². The normalized spacial score (nSPS) is 48.2. The summed E-state index contributed by atoms with van der Waals surface area (Å²) in [5, 5.41) is 10.4. The Hall–Kier alpha value is -0.0800. The van der Waals surface area contributed by atoms with Gasteiger partial charge in [-0.1, -0.05) is 13.8 Å². The van der Waals surface area contributed by atoms with Crippen LogP contribution in [0.25, 0.3) is 0 Å². The maximum atomic E-state index is 10.4. The third kappa shape index (κ3) is 2.21. The molecule has 0 aromatic heterocycles. The first kappa shape index (κ1) is 13.0. The average Bonchev–Trinajstić information content (AvgIpc) is 2.13. The fourth-order valence-electron chi connectivity index (χ4n) is 3.32. The van der Waals surface area contributed by atoms with Gasteiger partial charge in [-0.25, -0.2) is 0 Å². The van der Waals surface area contributed by atoms with Gasteiger partial charge in [-0.05, 0) is 53.5 Å². The van der Waals surface area contributed by atoms with Crippen LogP contribution in [0.2, 0.25) is 0 Å². The van der Waals surface area contributed by atoms with Crippen molar-refractivity contribution in [2.24, 2.45) is 0 Å². The lowest BCUT2D eigenvalue weighted by atomic mass is 9.69. The van der Waals surface area contributed by atoms with Crippen molar-refractivity contribution in [3.8, 4) is 0 Å². The van der Waals surface area contributed by atoms with Crippen LogP contribution in [0.4, 0.5) is 0 Å². The minimum atomic E-state index is -0.512. The van der Waals surface area contributed by atoms with Gasteiger partial charge >= 0.3 is 0 Å². The fraction of sp³-hybridized carbons (Fsp3) is 1.00. The summed E-state index contributed by atoms with van der Waals surface area (Å²) in [7, 11) is 2.21. The van der Waals surface area contributed by atoms with Gasteiger partial charge in [0.1, 0.15) is 0 Å². The van der Waals surface area contributed by atoms with Crippen molar-refractivity contribution in [3.63, 3.8) is 0 Å². The highest BCUT2D eigenvalue weighted by Gasteiger charge is 2.50. The Kier molecular flexibility index (Phi) is 3.24. The van der Waals surface area contributed by atoms with Gasteiger partial charge in [0.25, 0.3) is 0 Å². The zero-order valence-electron chi connectivity index (χ0n) is 11.2. The quantitative estimate of drug-likeness (QED) is 0.762. The molecule has 0 aromatic carbocycles. The summed E-state index contributed by atoms with van der Waals surface area (Å²) < 4.78 is 0. The molecule has 15 heavy (non-hydrogen) atoms. The Morgan fingerprint density at radius 2 is 1.33 bits per heavy atom. The first-order chi connectivity index (χ1) is 6.69. The highest BCUT2D eigenvalue weighted by atomic mass is 16.3. The van der Waals surface area contributed by atoms with Gasteiger partial charge in [0.05, 0.1) is 5.60 Å². The van der Waals surface area contributed by atoms with Gasteiger partial charge in [0, 0.05) is 11.1 Å². The van der Waals surface area contributed by atoms with Gasteiger partial charge in [0.15, 0.2) is 0 Å². The fourth-order valence-corrected chi connectivity index (χ4v) is 3.32. The third-order valence-electron chi connectivity index (χ3n) is 4.67.